The number of amides is 2. The second-order valence-corrected chi connectivity index (χ2v) is 9.58. The molecule has 5 rings (SSSR count). The minimum absolute atomic E-state index is 0.184. The van der Waals surface area contributed by atoms with Gasteiger partial charge in [0.25, 0.3) is 11.8 Å². The first-order valence-electron chi connectivity index (χ1n) is 11.6. The number of halogens is 2. The van der Waals surface area contributed by atoms with Crippen LogP contribution in [0.4, 0.5) is 0 Å². The van der Waals surface area contributed by atoms with Crippen molar-refractivity contribution in [1.82, 2.24) is 19.8 Å². The molecule has 0 saturated carbocycles. The van der Waals surface area contributed by atoms with E-state index in [1.165, 1.54) is 4.90 Å². The highest BCUT2D eigenvalue weighted by molar-refractivity contribution is 6.42. The molecule has 8 heteroatoms. The molecule has 0 spiro atoms. The van der Waals surface area contributed by atoms with Gasteiger partial charge in [-0.05, 0) is 69.5 Å². The lowest BCUT2D eigenvalue weighted by molar-refractivity contribution is 0.0651. The number of fused-ring (bicyclic) bond motifs is 2. The van der Waals surface area contributed by atoms with E-state index < -0.39 is 0 Å². The van der Waals surface area contributed by atoms with Crippen molar-refractivity contribution in [2.45, 2.75) is 44.6 Å². The Kier molecular flexibility index (Phi) is 6.41. The van der Waals surface area contributed by atoms with Crippen molar-refractivity contribution in [3.05, 3.63) is 63.4 Å². The second kappa shape index (κ2) is 9.45. The number of imide groups is 1. The Bertz CT molecular complexity index is 1180. The summed E-state index contributed by atoms with van der Waals surface area (Å²) in [6.45, 7) is 3.25. The zero-order chi connectivity index (χ0) is 22.9. The Hall–Kier alpha value is -2.41. The monoisotopic (exact) mass is 484 g/mol. The number of nitrogens with one attached hydrogen (secondary N) is 1. The first-order valence-corrected chi connectivity index (χ1v) is 12.3. The van der Waals surface area contributed by atoms with E-state index in [4.69, 9.17) is 28.2 Å². The summed E-state index contributed by atoms with van der Waals surface area (Å²) in [6.07, 6.45) is 4.72. The van der Waals surface area contributed by atoms with Crippen LogP contribution in [0, 0.1) is 0 Å². The molecule has 2 aliphatic heterocycles. The molecule has 0 unspecified atom stereocenters. The van der Waals surface area contributed by atoms with Crippen LogP contribution in [0.1, 0.15) is 64.6 Å². The molecule has 2 aromatic carbocycles. The van der Waals surface area contributed by atoms with Gasteiger partial charge in [0.2, 0.25) is 0 Å². The van der Waals surface area contributed by atoms with E-state index in [0.29, 0.717) is 33.6 Å². The molecule has 3 aromatic rings. The fourth-order valence-corrected chi connectivity index (χ4v) is 5.24. The molecule has 1 saturated heterocycles. The van der Waals surface area contributed by atoms with E-state index in [-0.39, 0.29) is 11.8 Å². The lowest BCUT2D eigenvalue weighted by Gasteiger charge is -2.23. The van der Waals surface area contributed by atoms with Gasteiger partial charge in [-0.1, -0.05) is 35.3 Å². The third-order valence-corrected chi connectivity index (χ3v) is 7.39. The Balaban J connectivity index is 1.25. The number of rotatable bonds is 7. The van der Waals surface area contributed by atoms with E-state index in [9.17, 15) is 9.59 Å². The van der Waals surface area contributed by atoms with E-state index in [0.717, 1.165) is 68.6 Å². The molecule has 33 heavy (non-hydrogen) atoms. The molecule has 6 nitrogen and oxygen atoms in total. The molecule has 0 aliphatic carbocycles. The summed E-state index contributed by atoms with van der Waals surface area (Å²) < 4.78 is 2.29. The van der Waals surface area contributed by atoms with Crippen molar-refractivity contribution < 1.29 is 9.59 Å². The van der Waals surface area contributed by atoms with E-state index in [2.05, 4.69) is 9.88 Å². The lowest BCUT2D eigenvalue weighted by Crippen LogP contribution is -2.30. The first kappa shape index (κ1) is 22.4. The average molecular weight is 485 g/mol. The lowest BCUT2D eigenvalue weighted by atomic mass is 9.97. The normalized spacial score (nSPS) is 16.7. The van der Waals surface area contributed by atoms with Crippen LogP contribution in [0.5, 0.6) is 0 Å². The number of aromatic nitrogens is 2. The van der Waals surface area contributed by atoms with E-state index >= 15 is 0 Å². The summed E-state index contributed by atoms with van der Waals surface area (Å²) >= 11 is 12.6. The molecule has 0 atom stereocenters. The van der Waals surface area contributed by atoms with Crippen LogP contribution >= 0.6 is 23.2 Å². The maximum absolute atomic E-state index is 12.5. The fraction of sp³-hybridized carbons (Fsp3) is 0.400. The third-order valence-electron chi connectivity index (χ3n) is 6.67. The van der Waals surface area contributed by atoms with Crippen LogP contribution in [-0.4, -0.2) is 45.9 Å². The van der Waals surface area contributed by atoms with Gasteiger partial charge in [0.1, 0.15) is 5.82 Å². The largest absolute Gasteiger partial charge is 0.328 e. The van der Waals surface area contributed by atoms with Gasteiger partial charge in [-0.2, -0.15) is 0 Å². The van der Waals surface area contributed by atoms with Crippen molar-refractivity contribution in [3.63, 3.8) is 0 Å². The number of hydrogen-bond acceptors (Lipinski definition) is 4. The maximum atomic E-state index is 12.5. The molecule has 1 fully saturated rings. The molecule has 3 heterocycles. The van der Waals surface area contributed by atoms with Crippen LogP contribution in [0.15, 0.2) is 36.4 Å². The van der Waals surface area contributed by atoms with E-state index in [1.54, 1.807) is 24.3 Å². The standard InChI is InChI=1S/C25H26Cl2N4O2/c26-19-14-21-22(15-20(19)27)30(23(29-21)16-8-10-28-11-9-16)12-4-1-5-13-31-24(32)17-6-2-3-7-18(17)25(31)33/h2-3,6-7,14-16,28H,1,4-5,8-13H2. The number of unbranched alkanes of at least 4 members (excludes halogenated alkanes) is 2. The summed E-state index contributed by atoms with van der Waals surface area (Å²) in [7, 11) is 0. The minimum Gasteiger partial charge on any atom is -0.328 e. The van der Waals surface area contributed by atoms with Crippen LogP contribution < -0.4 is 5.32 Å². The highest BCUT2D eigenvalue weighted by Crippen LogP contribution is 2.33. The van der Waals surface area contributed by atoms with Crippen molar-refractivity contribution in [2.24, 2.45) is 0 Å². The molecular formula is C25H26Cl2N4O2. The number of hydrogen-bond donors (Lipinski definition) is 1. The van der Waals surface area contributed by atoms with Gasteiger partial charge in [0, 0.05) is 19.0 Å². The predicted molar refractivity (Wildman–Crippen MR) is 130 cm³/mol. The number of carbonyl (C=O) groups is 2. The molecule has 0 bridgehead atoms. The molecule has 1 aromatic heterocycles. The zero-order valence-electron chi connectivity index (χ0n) is 18.3. The van der Waals surface area contributed by atoms with Crippen LogP contribution in [0.25, 0.3) is 11.0 Å². The van der Waals surface area contributed by atoms with Gasteiger partial charge < -0.3 is 9.88 Å². The summed E-state index contributed by atoms with van der Waals surface area (Å²) in [4.78, 5) is 31.4. The smallest absolute Gasteiger partial charge is 0.261 e. The van der Waals surface area contributed by atoms with Gasteiger partial charge >= 0.3 is 0 Å². The molecule has 2 amide bonds. The van der Waals surface area contributed by atoms with Crippen LogP contribution in [-0.2, 0) is 6.54 Å². The molecule has 172 valence electrons. The maximum Gasteiger partial charge on any atom is 0.261 e. The Morgan fingerprint density at radius 3 is 2.24 bits per heavy atom. The Morgan fingerprint density at radius 1 is 0.909 bits per heavy atom. The summed E-state index contributed by atoms with van der Waals surface area (Å²) in [5, 5.41) is 4.47. The molecular weight excluding hydrogens is 459 g/mol. The quantitative estimate of drug-likeness (QED) is 0.366. The fourth-order valence-electron chi connectivity index (χ4n) is 4.92. The van der Waals surface area contributed by atoms with Gasteiger partial charge in [-0.3, -0.25) is 14.5 Å². The van der Waals surface area contributed by atoms with Crippen LogP contribution in [0.2, 0.25) is 10.0 Å². The summed E-state index contributed by atoms with van der Waals surface area (Å²) in [5.74, 6) is 1.14. The Labute approximate surface area is 202 Å². The van der Waals surface area contributed by atoms with Gasteiger partial charge in [-0.15, -0.1) is 0 Å². The molecule has 1 N–H and O–H groups in total. The van der Waals surface area contributed by atoms with E-state index in [1.807, 2.05) is 12.1 Å². The summed E-state index contributed by atoms with van der Waals surface area (Å²) in [5.41, 5.74) is 2.91. The highest BCUT2D eigenvalue weighted by atomic mass is 35.5. The van der Waals surface area contributed by atoms with Crippen LogP contribution in [0.3, 0.4) is 0 Å². The number of nitrogens with zero attached hydrogens (tertiary/aromatic N) is 3. The highest BCUT2D eigenvalue weighted by Gasteiger charge is 2.34. The SMILES string of the molecule is O=C1c2ccccc2C(=O)N1CCCCCn1c(C2CCNCC2)nc2cc(Cl)c(Cl)cc21. The van der Waals surface area contributed by atoms with Crippen molar-refractivity contribution in [3.8, 4) is 0 Å². The predicted octanol–water partition coefficient (Wildman–Crippen LogP) is 5.28. The number of carbonyl (C=O) groups excluding carboxylic acids is 2. The minimum atomic E-state index is -0.184. The van der Waals surface area contributed by atoms with Gasteiger partial charge in [-0.25, -0.2) is 4.98 Å². The zero-order valence-corrected chi connectivity index (χ0v) is 19.8. The third kappa shape index (κ3) is 4.27. The second-order valence-electron chi connectivity index (χ2n) is 8.77. The first-order chi connectivity index (χ1) is 16.0. The van der Waals surface area contributed by atoms with Crippen molar-refractivity contribution in [1.29, 1.82) is 0 Å². The summed E-state index contributed by atoms with van der Waals surface area (Å²) in [6, 6.07) is 10.8. The van der Waals surface area contributed by atoms with Gasteiger partial charge in [0.15, 0.2) is 0 Å². The van der Waals surface area contributed by atoms with Crippen molar-refractivity contribution in [2.75, 3.05) is 19.6 Å². The number of imidazole rings is 1. The van der Waals surface area contributed by atoms with Gasteiger partial charge in [0.05, 0.1) is 32.2 Å². The topological polar surface area (TPSA) is 67.2 Å². The molecule has 0 radical (unpaired) electrons. The molecule has 2 aliphatic rings. The van der Waals surface area contributed by atoms with Crippen molar-refractivity contribution >= 4 is 46.0 Å². The average Bonchev–Trinajstić information content (AvgIpc) is 3.30. The number of benzene rings is 2. The number of aryl methyl sites for hydroxylation is 1. The number of piperidine rings is 1. The Morgan fingerprint density at radius 2 is 1.55 bits per heavy atom.